The molecule has 0 radical (unpaired) electrons. The Hall–Kier alpha value is -2.67. The van der Waals surface area contributed by atoms with Crippen LogP contribution >= 0.6 is 11.3 Å². The van der Waals surface area contributed by atoms with Crippen LogP contribution in [0, 0.1) is 5.82 Å². The number of benzene rings is 1. The van der Waals surface area contributed by atoms with Gasteiger partial charge in [0.1, 0.15) is 10.7 Å². The Morgan fingerprint density at radius 2 is 1.92 bits per heavy atom. The van der Waals surface area contributed by atoms with Crippen molar-refractivity contribution in [3.8, 4) is 10.8 Å². The Bertz CT molecular complexity index is 834. The fourth-order valence-corrected chi connectivity index (χ4v) is 3.16. The molecule has 3 rings (SSSR count). The lowest BCUT2D eigenvalue weighted by molar-refractivity contribution is 0.0954. The van der Waals surface area contributed by atoms with Crippen molar-refractivity contribution in [2.24, 2.45) is 0 Å². The summed E-state index contributed by atoms with van der Waals surface area (Å²) >= 11 is 1.27. The number of halogens is 1. The summed E-state index contributed by atoms with van der Waals surface area (Å²) in [4.78, 5) is 25.8. The van der Waals surface area contributed by atoms with Crippen LogP contribution < -0.4 is 5.32 Å². The molecule has 0 fully saturated rings. The van der Waals surface area contributed by atoms with Crippen molar-refractivity contribution in [1.82, 2.24) is 20.3 Å². The third-order valence-electron chi connectivity index (χ3n) is 3.36. The molecule has 1 amide bonds. The SMILES string of the molecule is CCc1nc(-c2ncccn2)sc1C(=O)NCc1ccc(F)cc1. The van der Waals surface area contributed by atoms with Gasteiger partial charge in [-0.15, -0.1) is 11.3 Å². The molecule has 0 saturated heterocycles. The standard InChI is InChI=1S/C17H15FN4OS/c1-2-13-14(24-17(22-13)15-19-8-3-9-20-15)16(23)21-10-11-4-6-12(18)7-5-11/h3-9H,2,10H2,1H3,(H,21,23). The molecule has 0 aliphatic heterocycles. The van der Waals surface area contributed by atoms with E-state index >= 15 is 0 Å². The first-order valence-electron chi connectivity index (χ1n) is 7.47. The lowest BCUT2D eigenvalue weighted by Gasteiger charge is -2.04. The second kappa shape index (κ2) is 7.27. The minimum atomic E-state index is -0.298. The van der Waals surface area contributed by atoms with Crippen LogP contribution in [0.1, 0.15) is 27.9 Å². The molecular formula is C17H15FN4OS. The summed E-state index contributed by atoms with van der Waals surface area (Å²) in [6, 6.07) is 7.76. The summed E-state index contributed by atoms with van der Waals surface area (Å²) in [5.41, 5.74) is 1.55. The first-order chi connectivity index (χ1) is 11.7. The molecular weight excluding hydrogens is 327 g/mol. The van der Waals surface area contributed by atoms with E-state index in [0.717, 1.165) is 11.3 Å². The highest BCUT2D eigenvalue weighted by Crippen LogP contribution is 2.26. The van der Waals surface area contributed by atoms with Crippen molar-refractivity contribution in [1.29, 1.82) is 0 Å². The van der Waals surface area contributed by atoms with E-state index in [-0.39, 0.29) is 11.7 Å². The molecule has 0 saturated carbocycles. The zero-order valence-electron chi connectivity index (χ0n) is 13.0. The van der Waals surface area contributed by atoms with Crippen molar-refractivity contribution in [3.63, 3.8) is 0 Å². The average molecular weight is 342 g/mol. The normalized spacial score (nSPS) is 10.6. The predicted octanol–water partition coefficient (Wildman–Crippen LogP) is 3.23. The van der Waals surface area contributed by atoms with Crippen molar-refractivity contribution in [2.45, 2.75) is 19.9 Å². The van der Waals surface area contributed by atoms with E-state index in [1.807, 2.05) is 6.92 Å². The van der Waals surface area contributed by atoms with Gasteiger partial charge in [-0.3, -0.25) is 4.79 Å². The van der Waals surface area contributed by atoms with Crippen LogP contribution in [0.3, 0.4) is 0 Å². The molecule has 0 spiro atoms. The van der Waals surface area contributed by atoms with Crippen LogP contribution in [0.4, 0.5) is 4.39 Å². The lowest BCUT2D eigenvalue weighted by atomic mass is 10.2. The molecule has 3 aromatic rings. The highest BCUT2D eigenvalue weighted by molar-refractivity contribution is 7.17. The zero-order chi connectivity index (χ0) is 16.9. The van der Waals surface area contributed by atoms with Crippen LogP contribution in [0.15, 0.2) is 42.7 Å². The molecule has 2 aromatic heterocycles. The quantitative estimate of drug-likeness (QED) is 0.773. The summed E-state index contributed by atoms with van der Waals surface area (Å²) in [6.07, 6.45) is 3.93. The molecule has 0 aliphatic rings. The molecule has 0 aliphatic carbocycles. The van der Waals surface area contributed by atoms with Crippen molar-refractivity contribution in [2.75, 3.05) is 0 Å². The number of hydrogen-bond donors (Lipinski definition) is 1. The Morgan fingerprint density at radius 3 is 2.58 bits per heavy atom. The maximum absolute atomic E-state index is 12.9. The van der Waals surface area contributed by atoms with Gasteiger partial charge < -0.3 is 5.32 Å². The average Bonchev–Trinajstić information content (AvgIpc) is 3.06. The number of hydrogen-bond acceptors (Lipinski definition) is 5. The van der Waals surface area contributed by atoms with Crippen LogP contribution in [0.25, 0.3) is 10.8 Å². The molecule has 0 atom stereocenters. The van der Waals surface area contributed by atoms with Crippen molar-refractivity contribution in [3.05, 3.63) is 64.7 Å². The van der Waals surface area contributed by atoms with E-state index in [4.69, 9.17) is 0 Å². The van der Waals surface area contributed by atoms with Crippen molar-refractivity contribution < 1.29 is 9.18 Å². The van der Waals surface area contributed by atoms with Gasteiger partial charge in [-0.05, 0) is 30.2 Å². The second-order valence-corrected chi connectivity index (χ2v) is 6.03. The van der Waals surface area contributed by atoms with E-state index in [2.05, 4.69) is 20.3 Å². The van der Waals surface area contributed by atoms with Crippen LogP contribution in [0.2, 0.25) is 0 Å². The number of aromatic nitrogens is 3. The molecule has 0 unspecified atom stereocenters. The summed E-state index contributed by atoms with van der Waals surface area (Å²) < 4.78 is 12.9. The smallest absolute Gasteiger partial charge is 0.263 e. The Labute approximate surface area is 142 Å². The van der Waals surface area contributed by atoms with Gasteiger partial charge in [-0.25, -0.2) is 19.3 Å². The van der Waals surface area contributed by atoms with Gasteiger partial charge in [-0.2, -0.15) is 0 Å². The molecule has 122 valence electrons. The van der Waals surface area contributed by atoms with Gasteiger partial charge >= 0.3 is 0 Å². The minimum Gasteiger partial charge on any atom is -0.347 e. The molecule has 24 heavy (non-hydrogen) atoms. The van der Waals surface area contributed by atoms with Gasteiger partial charge in [0, 0.05) is 18.9 Å². The summed E-state index contributed by atoms with van der Waals surface area (Å²) in [6.45, 7) is 2.28. The third-order valence-corrected chi connectivity index (χ3v) is 4.45. The van der Waals surface area contributed by atoms with Gasteiger partial charge in [0.05, 0.1) is 5.69 Å². The Kier molecular flexibility index (Phi) is 4.90. The lowest BCUT2D eigenvalue weighted by Crippen LogP contribution is -2.22. The predicted molar refractivity (Wildman–Crippen MR) is 90.1 cm³/mol. The third kappa shape index (κ3) is 3.62. The maximum Gasteiger partial charge on any atom is 0.263 e. The Morgan fingerprint density at radius 1 is 1.21 bits per heavy atom. The number of rotatable bonds is 5. The van der Waals surface area contributed by atoms with Gasteiger partial charge in [0.15, 0.2) is 10.8 Å². The van der Waals surface area contributed by atoms with Crippen LogP contribution in [0.5, 0.6) is 0 Å². The number of amides is 1. The molecule has 1 N–H and O–H groups in total. The van der Waals surface area contributed by atoms with E-state index in [1.165, 1.54) is 23.5 Å². The first-order valence-corrected chi connectivity index (χ1v) is 8.28. The van der Waals surface area contributed by atoms with Crippen LogP contribution in [-0.2, 0) is 13.0 Å². The fourth-order valence-electron chi connectivity index (χ4n) is 2.14. The largest absolute Gasteiger partial charge is 0.347 e. The van der Waals surface area contributed by atoms with Gasteiger partial charge in [0.2, 0.25) is 0 Å². The van der Waals surface area contributed by atoms with Crippen LogP contribution in [-0.4, -0.2) is 20.9 Å². The highest BCUT2D eigenvalue weighted by Gasteiger charge is 2.18. The number of thiazole rings is 1. The number of carbonyl (C=O) groups is 1. The monoisotopic (exact) mass is 342 g/mol. The molecule has 7 heteroatoms. The number of nitrogens with zero attached hydrogens (tertiary/aromatic N) is 3. The molecule has 0 bridgehead atoms. The topological polar surface area (TPSA) is 67.8 Å². The molecule has 1 aromatic carbocycles. The van der Waals surface area contributed by atoms with E-state index in [1.54, 1.807) is 30.6 Å². The number of carbonyl (C=O) groups excluding carboxylic acids is 1. The van der Waals surface area contributed by atoms with E-state index in [0.29, 0.717) is 28.7 Å². The summed E-state index contributed by atoms with van der Waals surface area (Å²) in [5.74, 6) is 0.0129. The van der Waals surface area contributed by atoms with Gasteiger partial charge in [0.25, 0.3) is 5.91 Å². The maximum atomic E-state index is 12.9. The van der Waals surface area contributed by atoms with E-state index < -0.39 is 0 Å². The minimum absolute atomic E-state index is 0.198. The zero-order valence-corrected chi connectivity index (χ0v) is 13.8. The molecule has 5 nitrogen and oxygen atoms in total. The molecule has 2 heterocycles. The Balaban J connectivity index is 1.76. The number of aryl methyl sites for hydroxylation is 1. The van der Waals surface area contributed by atoms with Crippen molar-refractivity contribution >= 4 is 17.2 Å². The highest BCUT2D eigenvalue weighted by atomic mass is 32.1. The first kappa shape index (κ1) is 16.2. The fraction of sp³-hybridized carbons (Fsp3) is 0.176. The van der Waals surface area contributed by atoms with E-state index in [9.17, 15) is 9.18 Å². The summed E-state index contributed by atoms with van der Waals surface area (Å²) in [5, 5.41) is 3.47. The summed E-state index contributed by atoms with van der Waals surface area (Å²) in [7, 11) is 0. The number of nitrogens with one attached hydrogen (secondary N) is 1. The second-order valence-electron chi connectivity index (χ2n) is 5.03. The van der Waals surface area contributed by atoms with Gasteiger partial charge in [-0.1, -0.05) is 19.1 Å².